The third-order valence-corrected chi connectivity index (χ3v) is 10.7. The van der Waals surface area contributed by atoms with E-state index in [1.54, 1.807) is 16.8 Å². The fourth-order valence-corrected chi connectivity index (χ4v) is 7.40. The Morgan fingerprint density at radius 3 is 2.40 bits per heavy atom. The largest absolute Gasteiger partial charge is 0.756 e. The molecule has 22 heteroatoms. The number of nitrogens with zero attached hydrogens (tertiary/aromatic N) is 5. The molecule has 1 amide bonds. The topological polar surface area (TPSA) is 291 Å². The smallest absolute Gasteiger partial charge is 0.478 e. The van der Waals surface area contributed by atoms with Gasteiger partial charge in [0.05, 0.1) is 24.7 Å². The zero-order valence-electron chi connectivity index (χ0n) is 27.6. The first-order chi connectivity index (χ1) is 23.6. The van der Waals surface area contributed by atoms with Gasteiger partial charge in [-0.25, -0.2) is 18.8 Å². The van der Waals surface area contributed by atoms with Crippen molar-refractivity contribution in [2.45, 2.75) is 70.2 Å². The molecular weight excluding hydrogens is 704 g/mol. The van der Waals surface area contributed by atoms with Crippen molar-refractivity contribution in [3.8, 4) is 0 Å². The lowest BCUT2D eigenvalue weighted by atomic mass is 10.1. The molecule has 2 unspecified atom stereocenters. The van der Waals surface area contributed by atoms with Crippen LogP contribution in [-0.4, -0.2) is 109 Å². The van der Waals surface area contributed by atoms with Gasteiger partial charge >= 0.3 is 7.82 Å². The monoisotopic (exact) mass is 747 g/mol. The number of hydrogen-bond donors (Lipinski definition) is 6. The summed E-state index contributed by atoms with van der Waals surface area (Å²) in [6.45, 7) is 8.47. The van der Waals surface area contributed by atoms with Crippen molar-refractivity contribution in [3.63, 3.8) is 0 Å². The summed E-state index contributed by atoms with van der Waals surface area (Å²) in [6.07, 6.45) is -3.39. The number of phosphoric ester groups is 2. The van der Waals surface area contributed by atoms with Crippen LogP contribution in [0.3, 0.4) is 0 Å². The maximum absolute atomic E-state index is 12.4. The van der Waals surface area contributed by atoms with E-state index in [9.17, 15) is 39.0 Å². The average molecular weight is 748 g/mol. The predicted molar refractivity (Wildman–Crippen MR) is 171 cm³/mol. The number of amides is 1. The molecule has 20 nitrogen and oxygen atoms in total. The molecule has 5 heterocycles. The van der Waals surface area contributed by atoms with Gasteiger partial charge in [-0.2, -0.15) is 4.57 Å². The van der Waals surface area contributed by atoms with Gasteiger partial charge < -0.3 is 60.0 Å². The van der Waals surface area contributed by atoms with Crippen molar-refractivity contribution in [1.82, 2.24) is 19.4 Å². The van der Waals surface area contributed by atoms with Gasteiger partial charge in [0.25, 0.3) is 20.0 Å². The molecule has 3 aromatic heterocycles. The standard InChI is InChI=1S/C22H28N6O13P2.C6H15N/c23-19-12-3-5-28(21(12)26-10-25-19)16-6-13(29)14(39-16)8-37-42(33,34)41-43(35,36)38-9-15-17(30)18(31)22(40-15)27-4-1-2-11(7-27)20(24)32;1-4-7(5-2)6-3/h1-5,7,10,13-18,22,29-31H,6,8-9H2,(H5-,23,24,25,26,32,33,34,35,36);4-6H2,1-3H3/t13-,14+,15+,16+,17+,18+,22+;/m0./s1. The highest BCUT2D eigenvalue weighted by atomic mass is 31.3. The molecule has 278 valence electrons. The summed E-state index contributed by atoms with van der Waals surface area (Å²) in [7, 11) is -10.9. The summed E-state index contributed by atoms with van der Waals surface area (Å²) in [5.41, 5.74) is 11.6. The average Bonchev–Trinajstić information content (AvgIpc) is 3.75. The molecule has 0 spiro atoms. The molecule has 8 N–H and O–H groups in total. The molecule has 5 rings (SSSR count). The highest BCUT2D eigenvalue weighted by molar-refractivity contribution is 7.60. The van der Waals surface area contributed by atoms with E-state index in [0.717, 1.165) is 0 Å². The second-order valence-electron chi connectivity index (χ2n) is 11.3. The number of aliphatic hydroxyl groups excluding tert-OH is 3. The molecular formula is C28H43N7O13P2. The number of ether oxygens (including phenoxy) is 2. The first kappa shape index (κ1) is 39.8. The number of carbonyl (C=O) groups is 1. The van der Waals surface area contributed by atoms with Crippen LogP contribution >= 0.6 is 15.6 Å². The molecule has 0 radical (unpaired) electrons. The third-order valence-electron chi connectivity index (χ3n) is 8.14. The molecule has 3 aromatic rings. The number of primary amides is 1. The van der Waals surface area contributed by atoms with E-state index in [-0.39, 0.29) is 17.8 Å². The number of fused-ring (bicyclic) bond motifs is 1. The van der Waals surface area contributed by atoms with Crippen LogP contribution in [0.25, 0.3) is 11.0 Å². The summed E-state index contributed by atoms with van der Waals surface area (Å²) in [4.78, 5) is 44.1. The van der Waals surface area contributed by atoms with Crippen molar-refractivity contribution in [3.05, 3.63) is 48.7 Å². The van der Waals surface area contributed by atoms with Gasteiger partial charge in [-0.3, -0.25) is 13.9 Å². The lowest BCUT2D eigenvalue weighted by molar-refractivity contribution is -0.765. The van der Waals surface area contributed by atoms with E-state index in [0.29, 0.717) is 11.0 Å². The highest BCUT2D eigenvalue weighted by Gasteiger charge is 2.49. The number of rotatable bonds is 14. The molecule has 0 bridgehead atoms. The number of anilines is 1. The number of nitrogen functional groups attached to an aromatic ring is 1. The summed E-state index contributed by atoms with van der Waals surface area (Å²) in [5.74, 6) is -0.518. The molecule has 9 atom stereocenters. The summed E-state index contributed by atoms with van der Waals surface area (Å²) < 4.78 is 52.2. The number of carbonyl (C=O) groups excluding carboxylic acids is 1. The maximum Gasteiger partial charge on any atom is 0.478 e. The van der Waals surface area contributed by atoms with Crippen LogP contribution in [-0.2, 0) is 32.0 Å². The Labute approximate surface area is 287 Å². The van der Waals surface area contributed by atoms with Crippen molar-refractivity contribution < 1.29 is 66.4 Å². The summed E-state index contributed by atoms with van der Waals surface area (Å²) in [5, 5.41) is 31.6. The first-order valence-electron chi connectivity index (χ1n) is 15.7. The van der Waals surface area contributed by atoms with Crippen molar-refractivity contribution >= 4 is 38.4 Å². The van der Waals surface area contributed by atoms with Crippen LogP contribution in [0.1, 0.15) is 50.0 Å². The zero-order valence-corrected chi connectivity index (χ0v) is 29.4. The Balaban J connectivity index is 0.000000727. The van der Waals surface area contributed by atoms with E-state index >= 15 is 0 Å². The molecule has 0 saturated carbocycles. The van der Waals surface area contributed by atoms with Gasteiger partial charge in [0.1, 0.15) is 47.9 Å². The van der Waals surface area contributed by atoms with Crippen LogP contribution in [0.4, 0.5) is 5.82 Å². The van der Waals surface area contributed by atoms with Crippen molar-refractivity contribution in [1.29, 1.82) is 0 Å². The minimum atomic E-state index is -5.55. The number of aliphatic hydroxyl groups is 3. The van der Waals surface area contributed by atoms with Gasteiger partial charge in [0.2, 0.25) is 0 Å². The van der Waals surface area contributed by atoms with Crippen molar-refractivity contribution in [2.75, 3.05) is 38.6 Å². The third kappa shape index (κ3) is 9.89. The van der Waals surface area contributed by atoms with Crippen LogP contribution in [0.15, 0.2) is 43.1 Å². The number of hydrogen-bond acceptors (Lipinski definition) is 16. The van der Waals surface area contributed by atoms with Crippen molar-refractivity contribution in [2.24, 2.45) is 5.73 Å². The number of pyridine rings is 1. The van der Waals surface area contributed by atoms with Gasteiger partial charge in [0, 0.05) is 18.7 Å². The summed E-state index contributed by atoms with van der Waals surface area (Å²) >= 11 is 0. The fraction of sp³-hybridized carbons (Fsp3) is 0.571. The second-order valence-corrected chi connectivity index (χ2v) is 14.3. The van der Waals surface area contributed by atoms with Gasteiger partial charge in [0.15, 0.2) is 18.5 Å². The van der Waals surface area contributed by atoms with Gasteiger partial charge in [-0.05, 0) is 31.8 Å². The lowest BCUT2D eigenvalue weighted by Crippen LogP contribution is -2.46. The second kappa shape index (κ2) is 17.1. The van der Waals surface area contributed by atoms with E-state index in [1.807, 2.05) is 0 Å². The Hall–Kier alpha value is -2.94. The Morgan fingerprint density at radius 1 is 1.08 bits per heavy atom. The Kier molecular flexibility index (Phi) is 13.6. The van der Waals surface area contributed by atoms with E-state index < -0.39 is 77.7 Å². The molecule has 2 saturated heterocycles. The van der Waals surface area contributed by atoms with Gasteiger partial charge in [-0.1, -0.05) is 20.8 Å². The molecule has 2 aliphatic rings. The minimum Gasteiger partial charge on any atom is -0.756 e. The summed E-state index contributed by atoms with van der Waals surface area (Å²) in [6, 6.07) is 4.50. The molecule has 0 aromatic carbocycles. The number of aromatic nitrogens is 4. The van der Waals surface area contributed by atoms with E-state index in [1.165, 1.54) is 55.1 Å². The Bertz CT molecular complexity index is 1690. The first-order valence-corrected chi connectivity index (χ1v) is 18.6. The zero-order chi connectivity index (χ0) is 36.8. The Morgan fingerprint density at radius 2 is 1.76 bits per heavy atom. The highest BCUT2D eigenvalue weighted by Crippen LogP contribution is 2.58. The fourth-order valence-electron chi connectivity index (χ4n) is 5.35. The molecule has 50 heavy (non-hydrogen) atoms. The number of nitrogens with two attached hydrogens (primary N) is 2. The van der Waals surface area contributed by atoms with Crippen LogP contribution in [0.5, 0.6) is 0 Å². The minimum absolute atomic E-state index is 0.0448. The number of phosphoric acid groups is 2. The normalized spacial score (nSPS) is 27.5. The SMILES string of the molecule is CCN(CC)CC.NC(=O)c1ccc[n+]([C@@H]2O[C@H](COP(=O)([O-])OP(=O)(O)OC[C@H]3O[C@@H](n4ccc5c(N)ncnc54)C[C@@H]3O)[C@@H](O)[C@H]2O)c1. The van der Waals surface area contributed by atoms with Crippen LogP contribution in [0.2, 0.25) is 0 Å². The predicted octanol–water partition coefficient (Wildman–Crippen LogP) is -0.666. The van der Waals surface area contributed by atoms with Gasteiger partial charge in [-0.15, -0.1) is 0 Å². The van der Waals surface area contributed by atoms with Crippen LogP contribution in [0, 0.1) is 0 Å². The van der Waals surface area contributed by atoms with E-state index in [2.05, 4.69) is 44.5 Å². The van der Waals surface area contributed by atoms with Crippen LogP contribution < -0.4 is 20.9 Å². The molecule has 2 fully saturated rings. The quantitative estimate of drug-likeness (QED) is 0.0881. The molecule has 2 aliphatic heterocycles. The van der Waals surface area contributed by atoms with E-state index in [4.69, 9.17) is 25.5 Å². The molecule has 0 aliphatic carbocycles. The maximum atomic E-state index is 12.4. The lowest BCUT2D eigenvalue weighted by Gasteiger charge is -2.26.